The Morgan fingerprint density at radius 2 is 1.79 bits per heavy atom. The van der Waals surface area contributed by atoms with Crippen LogP contribution >= 0.6 is 0 Å². The molecule has 2 aromatic heterocycles. The van der Waals surface area contributed by atoms with Crippen LogP contribution in [0.2, 0.25) is 0 Å². The fourth-order valence-electron chi connectivity index (χ4n) is 5.48. The highest BCUT2D eigenvalue weighted by Gasteiger charge is 2.24. The largest absolute Gasteiger partial charge is 0.492 e. The molecule has 0 saturated carbocycles. The molecule has 1 saturated heterocycles. The number of para-hydroxylation sites is 1. The number of pyridine rings is 1. The van der Waals surface area contributed by atoms with Crippen molar-refractivity contribution in [3.8, 4) is 29.2 Å². The highest BCUT2D eigenvalue weighted by atomic mass is 19.1. The van der Waals surface area contributed by atoms with Crippen LogP contribution < -0.4 is 18.9 Å². The molecule has 11 heteroatoms. The lowest BCUT2D eigenvalue weighted by Crippen LogP contribution is -2.38. The van der Waals surface area contributed by atoms with Crippen molar-refractivity contribution in [1.82, 2.24) is 19.4 Å². The average molecular weight is 636 g/mol. The number of nitrogens with zero attached hydrogens (tertiary/aromatic N) is 5. The number of benzene rings is 3. The van der Waals surface area contributed by atoms with Crippen molar-refractivity contribution in [2.75, 3.05) is 19.7 Å². The summed E-state index contributed by atoms with van der Waals surface area (Å²) >= 11 is 0. The van der Waals surface area contributed by atoms with Crippen LogP contribution in [0.15, 0.2) is 78.9 Å². The number of aryl methyl sites for hydroxylation is 1. The van der Waals surface area contributed by atoms with Gasteiger partial charge in [-0.3, -0.25) is 4.90 Å². The molecule has 47 heavy (non-hydrogen) atoms. The second kappa shape index (κ2) is 14.3. The van der Waals surface area contributed by atoms with E-state index in [4.69, 9.17) is 29.2 Å². The zero-order chi connectivity index (χ0) is 32.8. The Hall–Kier alpha value is -5.47. The smallest absolute Gasteiger partial charge is 0.343 e. The van der Waals surface area contributed by atoms with Crippen LogP contribution in [0.1, 0.15) is 47.2 Å². The number of hydrogen-bond donors (Lipinski definition) is 0. The van der Waals surface area contributed by atoms with Crippen molar-refractivity contribution in [1.29, 1.82) is 5.26 Å². The van der Waals surface area contributed by atoms with Gasteiger partial charge in [-0.2, -0.15) is 5.26 Å². The van der Waals surface area contributed by atoms with Gasteiger partial charge in [0.05, 0.1) is 41.6 Å². The summed E-state index contributed by atoms with van der Waals surface area (Å²) in [4.78, 5) is 24.8. The number of halogens is 1. The first-order valence-electron chi connectivity index (χ1n) is 15.5. The molecule has 0 amide bonds. The predicted molar refractivity (Wildman–Crippen MR) is 172 cm³/mol. The molecule has 5 aromatic rings. The van der Waals surface area contributed by atoms with E-state index >= 15 is 0 Å². The molecule has 0 atom stereocenters. The third kappa shape index (κ3) is 7.51. The number of carbonyl (C=O) groups excluding carboxylic acids is 1. The first-order valence-corrected chi connectivity index (χ1v) is 15.5. The summed E-state index contributed by atoms with van der Waals surface area (Å²) in [5.41, 5.74) is 2.73. The summed E-state index contributed by atoms with van der Waals surface area (Å²) in [5.74, 6) is 1.38. The van der Waals surface area contributed by atoms with Gasteiger partial charge in [0, 0.05) is 26.2 Å². The lowest BCUT2D eigenvalue weighted by atomic mass is 10.1. The minimum absolute atomic E-state index is 0.00549. The molecule has 0 spiro atoms. The average Bonchev–Trinajstić information content (AvgIpc) is 3.40. The van der Waals surface area contributed by atoms with E-state index < -0.39 is 11.8 Å². The molecule has 1 aliphatic rings. The van der Waals surface area contributed by atoms with Gasteiger partial charge in [0.25, 0.3) is 0 Å². The van der Waals surface area contributed by atoms with Crippen molar-refractivity contribution in [2.45, 2.75) is 39.0 Å². The van der Waals surface area contributed by atoms with Crippen LogP contribution in [0.25, 0.3) is 11.0 Å². The number of esters is 1. The number of fused-ring (bicyclic) bond motifs is 1. The summed E-state index contributed by atoms with van der Waals surface area (Å²) in [7, 11) is 1.95. The Morgan fingerprint density at radius 3 is 2.53 bits per heavy atom. The van der Waals surface area contributed by atoms with Crippen molar-refractivity contribution in [3.63, 3.8) is 0 Å². The third-order valence-corrected chi connectivity index (χ3v) is 7.94. The Morgan fingerprint density at radius 1 is 0.979 bits per heavy atom. The van der Waals surface area contributed by atoms with E-state index in [-0.39, 0.29) is 24.0 Å². The fourth-order valence-corrected chi connectivity index (χ4v) is 5.48. The highest BCUT2D eigenvalue weighted by molar-refractivity contribution is 5.97. The molecular formula is C36H34FN5O5. The summed E-state index contributed by atoms with van der Waals surface area (Å²) < 4.78 is 39.4. The monoisotopic (exact) mass is 635 g/mol. The summed E-state index contributed by atoms with van der Waals surface area (Å²) in [6.45, 7) is 4.64. The lowest BCUT2D eigenvalue weighted by molar-refractivity contribution is 0.0734. The molecule has 0 unspecified atom stereocenters. The van der Waals surface area contributed by atoms with Gasteiger partial charge in [0.2, 0.25) is 5.88 Å². The van der Waals surface area contributed by atoms with Crippen LogP contribution in [-0.4, -0.2) is 51.2 Å². The number of carbonyl (C=O) groups is 1. The molecule has 0 bridgehead atoms. The van der Waals surface area contributed by atoms with Crippen LogP contribution in [-0.2, 0) is 20.2 Å². The van der Waals surface area contributed by atoms with E-state index in [1.165, 1.54) is 12.1 Å². The van der Waals surface area contributed by atoms with Gasteiger partial charge in [-0.25, -0.2) is 19.2 Å². The predicted octanol–water partition coefficient (Wildman–Crippen LogP) is 6.22. The van der Waals surface area contributed by atoms with Crippen LogP contribution in [0, 0.1) is 17.1 Å². The van der Waals surface area contributed by atoms with Gasteiger partial charge in [-0.1, -0.05) is 24.3 Å². The number of likely N-dealkylation sites (tertiary alicyclic amines) is 1. The van der Waals surface area contributed by atoms with Crippen LogP contribution in [0.4, 0.5) is 4.39 Å². The molecule has 6 rings (SSSR count). The molecular weight excluding hydrogens is 601 g/mol. The van der Waals surface area contributed by atoms with Gasteiger partial charge in [0.15, 0.2) is 11.6 Å². The summed E-state index contributed by atoms with van der Waals surface area (Å²) in [6, 6.07) is 23.9. The van der Waals surface area contributed by atoms with Gasteiger partial charge < -0.3 is 23.5 Å². The minimum atomic E-state index is -0.593. The first kappa shape index (κ1) is 31.5. The van der Waals surface area contributed by atoms with E-state index in [1.54, 1.807) is 36.4 Å². The first-order chi connectivity index (χ1) is 22.9. The van der Waals surface area contributed by atoms with Crippen LogP contribution in [0.3, 0.4) is 0 Å². The third-order valence-electron chi connectivity index (χ3n) is 7.94. The zero-order valence-corrected chi connectivity index (χ0v) is 26.2. The number of imidazole rings is 1. The minimum Gasteiger partial charge on any atom is -0.492 e. The Bertz CT molecular complexity index is 1920. The molecule has 3 aromatic carbocycles. The number of nitriles is 1. The Kier molecular flexibility index (Phi) is 9.59. The van der Waals surface area contributed by atoms with Gasteiger partial charge in [-0.15, -0.1) is 0 Å². The number of ether oxygens (including phenoxy) is 4. The zero-order valence-electron chi connectivity index (χ0n) is 26.2. The van der Waals surface area contributed by atoms with E-state index in [1.807, 2.05) is 48.9 Å². The molecule has 3 heterocycles. The number of aromatic nitrogens is 3. The number of piperidine rings is 1. The van der Waals surface area contributed by atoms with Crippen LogP contribution in [0.5, 0.6) is 23.1 Å². The maximum absolute atomic E-state index is 14.2. The van der Waals surface area contributed by atoms with Gasteiger partial charge >= 0.3 is 5.97 Å². The van der Waals surface area contributed by atoms with Crippen molar-refractivity contribution in [2.24, 2.45) is 7.05 Å². The maximum atomic E-state index is 14.2. The Labute approximate surface area is 271 Å². The van der Waals surface area contributed by atoms with Crippen molar-refractivity contribution >= 4 is 17.0 Å². The molecule has 1 fully saturated rings. The van der Waals surface area contributed by atoms with Crippen molar-refractivity contribution < 1.29 is 28.1 Å². The summed E-state index contributed by atoms with van der Waals surface area (Å²) in [6.07, 6.45) is 1.61. The van der Waals surface area contributed by atoms with E-state index in [0.29, 0.717) is 47.3 Å². The van der Waals surface area contributed by atoms with E-state index in [2.05, 4.69) is 9.88 Å². The quantitative estimate of drug-likeness (QED) is 0.123. The normalized spacial score (nSPS) is 13.7. The Balaban J connectivity index is 1.06. The molecule has 1 aliphatic heterocycles. The van der Waals surface area contributed by atoms with E-state index in [9.17, 15) is 9.18 Å². The topological polar surface area (TPSA) is 112 Å². The van der Waals surface area contributed by atoms with Gasteiger partial charge in [-0.05, 0) is 68.3 Å². The lowest BCUT2D eigenvalue weighted by Gasteiger charge is -2.31. The summed E-state index contributed by atoms with van der Waals surface area (Å²) in [5, 5.41) is 8.92. The van der Waals surface area contributed by atoms with Gasteiger partial charge in [0.1, 0.15) is 35.6 Å². The maximum Gasteiger partial charge on any atom is 0.343 e. The molecule has 10 nitrogen and oxygen atoms in total. The van der Waals surface area contributed by atoms with E-state index in [0.717, 1.165) is 43.3 Å². The molecule has 0 radical (unpaired) electrons. The molecule has 0 N–H and O–H groups in total. The second-order valence-corrected chi connectivity index (χ2v) is 11.2. The number of rotatable bonds is 11. The second-order valence-electron chi connectivity index (χ2n) is 11.2. The highest BCUT2D eigenvalue weighted by Crippen LogP contribution is 2.30. The SMILES string of the molecule is CCOc1cc(C(=O)Oc2ccccc2)cc2c1nc(CN1CCC(Oc3cccc(COc4ccc(C#N)cc4F)n3)CC1)n2C. The van der Waals surface area contributed by atoms with Crippen molar-refractivity contribution in [3.05, 3.63) is 107 Å². The standard InChI is InChI=1S/C36H34FN5O5/c1-3-44-32-20-25(36(43)47-27-9-5-4-6-10-27)19-30-35(32)40-33(41(30)2)22-42-16-14-28(15-17-42)46-34-11-7-8-26(39-34)23-45-31-13-12-24(21-38)18-29(31)37/h4-13,18-20,28H,3,14-17,22-23H2,1-2H3. The number of hydrogen-bond acceptors (Lipinski definition) is 9. The molecule has 0 aliphatic carbocycles. The fraction of sp³-hybridized carbons (Fsp3) is 0.278. The molecule has 240 valence electrons.